The van der Waals surface area contributed by atoms with E-state index >= 15 is 0 Å². The first-order chi connectivity index (χ1) is 12.0. The average Bonchev–Trinajstić information content (AvgIpc) is 3.32. The molecule has 1 aliphatic rings. The number of nitrogens with one attached hydrogen (secondary N) is 1. The van der Waals surface area contributed by atoms with Gasteiger partial charge in [0.05, 0.1) is 11.3 Å². The summed E-state index contributed by atoms with van der Waals surface area (Å²) in [6, 6.07) is 3.52. The minimum absolute atomic E-state index is 0.0740. The summed E-state index contributed by atoms with van der Waals surface area (Å²) in [4.78, 5) is 12.8. The van der Waals surface area contributed by atoms with Crippen LogP contribution < -0.4 is 5.32 Å². The summed E-state index contributed by atoms with van der Waals surface area (Å²) < 4.78 is 40.6. The van der Waals surface area contributed by atoms with Gasteiger partial charge in [-0.25, -0.2) is 0 Å². The highest BCUT2D eigenvalue weighted by molar-refractivity contribution is 5.96. The van der Waals surface area contributed by atoms with Gasteiger partial charge < -0.3 is 5.32 Å². The summed E-state index contributed by atoms with van der Waals surface area (Å²) in [5.41, 5.74) is 1.15. The largest absolute Gasteiger partial charge is 0.416 e. The number of aryl methyl sites for hydroxylation is 2. The van der Waals surface area contributed by atoms with E-state index in [0.717, 1.165) is 36.2 Å². The van der Waals surface area contributed by atoms with E-state index in [-0.39, 0.29) is 11.8 Å². The van der Waals surface area contributed by atoms with Crippen molar-refractivity contribution in [2.45, 2.75) is 58.2 Å². The number of carbonyl (C=O) groups excluding carboxylic acids is 1. The maximum absolute atomic E-state index is 13.0. The van der Waals surface area contributed by atoms with Gasteiger partial charge >= 0.3 is 6.18 Å². The standard InChI is InChI=1S/C19H22F3N3O/c1-11-10-25(24-12(11)2)18(3,4)17(26)23-16-8-7-14(19(20,21)22)9-15(16)13-5-6-13/h7-10,13H,5-6H2,1-4H3,(H,23,26). The lowest BCUT2D eigenvalue weighted by Crippen LogP contribution is -2.41. The second-order valence-electron chi connectivity index (χ2n) is 7.43. The molecule has 0 radical (unpaired) electrons. The Labute approximate surface area is 150 Å². The SMILES string of the molecule is Cc1cn(C(C)(C)C(=O)Nc2ccc(C(F)(F)F)cc2C2CC2)nc1C. The van der Waals surface area contributed by atoms with Crippen molar-refractivity contribution in [1.29, 1.82) is 0 Å². The van der Waals surface area contributed by atoms with Gasteiger partial charge in [0, 0.05) is 11.9 Å². The number of aromatic nitrogens is 2. The summed E-state index contributed by atoms with van der Waals surface area (Å²) in [5.74, 6) is -0.244. The Bertz CT molecular complexity index is 829. The zero-order valence-corrected chi connectivity index (χ0v) is 15.2. The topological polar surface area (TPSA) is 46.9 Å². The Morgan fingerprint density at radius 3 is 2.38 bits per heavy atom. The van der Waals surface area contributed by atoms with Gasteiger partial charge in [0.2, 0.25) is 0 Å². The lowest BCUT2D eigenvalue weighted by molar-refractivity contribution is -0.137. The first kappa shape index (κ1) is 18.5. The third kappa shape index (κ3) is 3.48. The van der Waals surface area contributed by atoms with Gasteiger partial charge in [-0.05, 0) is 75.8 Å². The molecule has 0 bridgehead atoms. The predicted molar refractivity (Wildman–Crippen MR) is 93.1 cm³/mol. The van der Waals surface area contributed by atoms with Crippen molar-refractivity contribution in [1.82, 2.24) is 9.78 Å². The normalized spacial score (nSPS) is 15.2. The number of rotatable bonds is 4. The molecule has 1 aromatic heterocycles. The second kappa shape index (κ2) is 6.14. The van der Waals surface area contributed by atoms with E-state index in [1.54, 1.807) is 24.7 Å². The molecule has 0 aliphatic heterocycles. The Morgan fingerprint density at radius 1 is 1.23 bits per heavy atom. The van der Waals surface area contributed by atoms with E-state index in [1.165, 1.54) is 6.07 Å². The molecule has 2 aromatic rings. The summed E-state index contributed by atoms with van der Waals surface area (Å²) >= 11 is 0. The molecule has 7 heteroatoms. The highest BCUT2D eigenvalue weighted by Crippen LogP contribution is 2.45. The highest BCUT2D eigenvalue weighted by Gasteiger charge is 2.36. The molecule has 3 rings (SSSR count). The molecule has 1 heterocycles. The van der Waals surface area contributed by atoms with Crippen LogP contribution >= 0.6 is 0 Å². The molecule has 140 valence electrons. The van der Waals surface area contributed by atoms with E-state index in [2.05, 4.69) is 10.4 Å². The van der Waals surface area contributed by atoms with Crippen LogP contribution in [0.15, 0.2) is 24.4 Å². The Hall–Kier alpha value is -2.31. The number of nitrogens with zero attached hydrogens (tertiary/aromatic N) is 2. The molecule has 1 fully saturated rings. The molecule has 1 aromatic carbocycles. The number of anilines is 1. The fraction of sp³-hybridized carbons (Fsp3) is 0.474. The molecule has 1 amide bonds. The molecule has 1 aliphatic carbocycles. The van der Waals surface area contributed by atoms with Crippen molar-refractivity contribution < 1.29 is 18.0 Å². The number of alkyl halides is 3. The first-order valence-corrected chi connectivity index (χ1v) is 8.56. The molecule has 1 N–H and O–H groups in total. The van der Waals surface area contributed by atoms with E-state index in [0.29, 0.717) is 11.3 Å². The summed E-state index contributed by atoms with van der Waals surface area (Å²) in [6.45, 7) is 7.24. The Kier molecular flexibility index (Phi) is 4.37. The maximum atomic E-state index is 13.0. The number of halogens is 3. The van der Waals surface area contributed by atoms with Gasteiger partial charge in [0.25, 0.3) is 5.91 Å². The van der Waals surface area contributed by atoms with Crippen LogP contribution in [0.4, 0.5) is 18.9 Å². The van der Waals surface area contributed by atoms with Crippen LogP contribution in [0.3, 0.4) is 0 Å². The highest BCUT2D eigenvalue weighted by atomic mass is 19.4. The fourth-order valence-electron chi connectivity index (χ4n) is 2.80. The number of hydrogen-bond acceptors (Lipinski definition) is 2. The van der Waals surface area contributed by atoms with Crippen molar-refractivity contribution in [3.8, 4) is 0 Å². The van der Waals surface area contributed by atoms with Crippen molar-refractivity contribution >= 4 is 11.6 Å². The minimum Gasteiger partial charge on any atom is -0.324 e. The van der Waals surface area contributed by atoms with Crippen LogP contribution in [0.5, 0.6) is 0 Å². The van der Waals surface area contributed by atoms with Gasteiger partial charge in [-0.1, -0.05) is 0 Å². The second-order valence-corrected chi connectivity index (χ2v) is 7.43. The minimum atomic E-state index is -4.39. The van der Waals surface area contributed by atoms with Crippen LogP contribution in [0.25, 0.3) is 0 Å². The van der Waals surface area contributed by atoms with E-state index in [1.807, 2.05) is 13.8 Å². The molecule has 0 atom stereocenters. The smallest absolute Gasteiger partial charge is 0.324 e. The maximum Gasteiger partial charge on any atom is 0.416 e. The van der Waals surface area contributed by atoms with Crippen molar-refractivity contribution in [3.63, 3.8) is 0 Å². The van der Waals surface area contributed by atoms with Crippen LogP contribution in [-0.4, -0.2) is 15.7 Å². The molecular formula is C19H22F3N3O. The third-order valence-corrected chi connectivity index (χ3v) is 4.92. The lowest BCUT2D eigenvalue weighted by Gasteiger charge is -2.25. The van der Waals surface area contributed by atoms with Crippen molar-refractivity contribution in [3.05, 3.63) is 46.8 Å². The van der Waals surface area contributed by atoms with Gasteiger partial charge in [-0.15, -0.1) is 0 Å². The van der Waals surface area contributed by atoms with Gasteiger partial charge in [0.1, 0.15) is 5.54 Å². The number of carbonyl (C=O) groups is 1. The average molecular weight is 365 g/mol. The van der Waals surface area contributed by atoms with Gasteiger partial charge in [-0.2, -0.15) is 18.3 Å². The molecule has 0 unspecified atom stereocenters. The molecule has 0 spiro atoms. The molecule has 0 saturated heterocycles. The lowest BCUT2D eigenvalue weighted by atomic mass is 10.0. The number of amides is 1. The van der Waals surface area contributed by atoms with Crippen LogP contribution in [0.2, 0.25) is 0 Å². The van der Waals surface area contributed by atoms with E-state index in [4.69, 9.17) is 0 Å². The van der Waals surface area contributed by atoms with Crippen LogP contribution in [0.1, 0.15) is 55.0 Å². The van der Waals surface area contributed by atoms with Crippen molar-refractivity contribution in [2.24, 2.45) is 0 Å². The number of benzene rings is 1. The monoisotopic (exact) mass is 365 g/mol. The van der Waals surface area contributed by atoms with Crippen LogP contribution in [0, 0.1) is 13.8 Å². The van der Waals surface area contributed by atoms with Crippen LogP contribution in [-0.2, 0) is 16.5 Å². The van der Waals surface area contributed by atoms with E-state index < -0.39 is 17.3 Å². The quantitative estimate of drug-likeness (QED) is 0.848. The zero-order valence-electron chi connectivity index (χ0n) is 15.2. The molecule has 4 nitrogen and oxygen atoms in total. The third-order valence-electron chi connectivity index (χ3n) is 4.92. The molecule has 1 saturated carbocycles. The van der Waals surface area contributed by atoms with E-state index in [9.17, 15) is 18.0 Å². The summed E-state index contributed by atoms with van der Waals surface area (Å²) in [5, 5.41) is 7.18. The van der Waals surface area contributed by atoms with Gasteiger partial charge in [-0.3, -0.25) is 9.48 Å². The zero-order chi connectivity index (χ0) is 19.3. The molecular weight excluding hydrogens is 343 g/mol. The Balaban J connectivity index is 1.89. The summed E-state index contributed by atoms with van der Waals surface area (Å²) in [6.07, 6.45) is -0.921. The predicted octanol–water partition coefficient (Wildman–Crippen LogP) is 4.77. The first-order valence-electron chi connectivity index (χ1n) is 8.56. The van der Waals surface area contributed by atoms with Crippen molar-refractivity contribution in [2.75, 3.05) is 5.32 Å². The number of hydrogen-bond donors (Lipinski definition) is 1. The molecule has 26 heavy (non-hydrogen) atoms. The van der Waals surface area contributed by atoms with Gasteiger partial charge in [0.15, 0.2) is 0 Å². The summed E-state index contributed by atoms with van der Waals surface area (Å²) in [7, 11) is 0. The Morgan fingerprint density at radius 2 is 1.88 bits per heavy atom. The fourth-order valence-corrected chi connectivity index (χ4v) is 2.80.